The van der Waals surface area contributed by atoms with Crippen LogP contribution in [0.3, 0.4) is 0 Å². The van der Waals surface area contributed by atoms with Crippen LogP contribution in [0, 0.1) is 18.3 Å². The fourth-order valence-electron chi connectivity index (χ4n) is 3.54. The molecule has 4 aromatic rings. The van der Waals surface area contributed by atoms with Crippen molar-refractivity contribution in [2.45, 2.75) is 12.8 Å². The minimum absolute atomic E-state index is 0.196. The molecule has 0 bridgehead atoms. The van der Waals surface area contributed by atoms with Crippen LogP contribution in [-0.2, 0) is 0 Å². The highest BCUT2D eigenvalue weighted by Gasteiger charge is 2.19. The summed E-state index contributed by atoms with van der Waals surface area (Å²) in [6.45, 7) is 1.88. The van der Waals surface area contributed by atoms with Crippen molar-refractivity contribution >= 4 is 52.1 Å². The minimum Gasteiger partial charge on any atom is -0.393 e. The summed E-state index contributed by atoms with van der Waals surface area (Å²) in [7, 11) is 0. The Morgan fingerprint density at radius 2 is 1.72 bits per heavy atom. The van der Waals surface area contributed by atoms with Crippen LogP contribution in [0.5, 0.6) is 0 Å². The number of nitrogens with two attached hydrogens (primary N) is 1. The van der Waals surface area contributed by atoms with Gasteiger partial charge < -0.3 is 11.1 Å². The number of halogens is 2. The molecule has 1 aromatic heterocycles. The monoisotopic (exact) mass is 517 g/mol. The highest BCUT2D eigenvalue weighted by Crippen LogP contribution is 2.36. The van der Waals surface area contributed by atoms with Crippen molar-refractivity contribution in [1.82, 2.24) is 15.4 Å². The Bertz CT molecular complexity index is 1440. The largest absolute Gasteiger partial charge is 0.393 e. The third-order valence-corrected chi connectivity index (χ3v) is 6.03. The van der Waals surface area contributed by atoms with E-state index in [0.29, 0.717) is 32.7 Å². The number of hydrogen-bond donors (Lipinski definition) is 4. The molecule has 0 fully saturated rings. The smallest absolute Gasteiger partial charge is 0.269 e. The Morgan fingerprint density at radius 3 is 2.42 bits per heavy atom. The predicted octanol–water partition coefficient (Wildman–Crippen LogP) is 5.83. The average Bonchev–Trinajstić information content (AvgIpc) is 2.89. The number of aromatic nitrogens is 2. The van der Waals surface area contributed by atoms with E-state index in [4.69, 9.17) is 28.9 Å². The molecule has 1 amide bonds. The quantitative estimate of drug-likeness (QED) is 0.227. The first-order valence-electron chi connectivity index (χ1n) is 10.8. The third-order valence-electron chi connectivity index (χ3n) is 5.45. The Hall–Kier alpha value is -4.32. The molecule has 0 aliphatic carbocycles. The van der Waals surface area contributed by atoms with Crippen LogP contribution >= 0.6 is 23.2 Å². The van der Waals surface area contributed by atoms with E-state index in [2.05, 4.69) is 32.2 Å². The molecule has 8 nitrogen and oxygen atoms in total. The van der Waals surface area contributed by atoms with Gasteiger partial charge in [0, 0.05) is 21.3 Å². The molecule has 0 aliphatic heterocycles. The maximum Gasteiger partial charge on any atom is 0.269 e. The molecule has 180 valence electrons. The second-order valence-electron chi connectivity index (χ2n) is 7.86. The second-order valence-corrected chi connectivity index (χ2v) is 8.70. The number of rotatable bonds is 7. The van der Waals surface area contributed by atoms with Crippen LogP contribution in [0.4, 0.5) is 23.0 Å². The summed E-state index contributed by atoms with van der Waals surface area (Å²) in [5.41, 5.74) is 15.2. The average molecular weight is 518 g/mol. The van der Waals surface area contributed by atoms with Gasteiger partial charge in [-0.05, 0) is 53.9 Å². The number of carbonyl (C=O) groups excluding carboxylic acids is 1. The lowest BCUT2D eigenvalue weighted by Crippen LogP contribution is -2.30. The fraction of sp³-hybridized carbons (Fsp3) is 0.0769. The van der Waals surface area contributed by atoms with Crippen LogP contribution in [0.25, 0.3) is 0 Å². The number of hydrogen-bond acceptors (Lipinski definition) is 7. The zero-order valence-corrected chi connectivity index (χ0v) is 20.6. The number of aryl methyl sites for hydroxylation is 1. The van der Waals surface area contributed by atoms with Gasteiger partial charge in [0.2, 0.25) is 0 Å². The van der Waals surface area contributed by atoms with Crippen molar-refractivity contribution in [3.8, 4) is 6.07 Å². The molecule has 1 heterocycles. The predicted molar refractivity (Wildman–Crippen MR) is 142 cm³/mol. The minimum atomic E-state index is -0.560. The van der Waals surface area contributed by atoms with Crippen molar-refractivity contribution in [2.24, 2.45) is 0 Å². The molecule has 5 N–H and O–H groups in total. The summed E-state index contributed by atoms with van der Waals surface area (Å²) in [5.74, 6) is -0.350. The number of nitriles is 1. The Labute approximate surface area is 218 Å². The van der Waals surface area contributed by atoms with Crippen LogP contribution in [0.1, 0.15) is 33.0 Å². The van der Waals surface area contributed by atoms with Gasteiger partial charge >= 0.3 is 0 Å². The van der Waals surface area contributed by atoms with E-state index in [1.54, 1.807) is 54.6 Å². The fourth-order valence-corrected chi connectivity index (χ4v) is 3.94. The molecule has 1 atom stereocenters. The van der Waals surface area contributed by atoms with Crippen LogP contribution in [-0.4, -0.2) is 15.9 Å². The van der Waals surface area contributed by atoms with E-state index in [9.17, 15) is 10.1 Å². The first-order valence-corrected chi connectivity index (χ1v) is 11.6. The molecule has 0 spiro atoms. The van der Waals surface area contributed by atoms with Crippen LogP contribution < -0.4 is 21.9 Å². The van der Waals surface area contributed by atoms with E-state index in [1.807, 2.05) is 19.1 Å². The summed E-state index contributed by atoms with van der Waals surface area (Å²) < 4.78 is 0. The van der Waals surface area contributed by atoms with Gasteiger partial charge in [-0.25, -0.2) is 9.97 Å². The van der Waals surface area contributed by atoms with Gasteiger partial charge in [-0.3, -0.25) is 15.6 Å². The van der Waals surface area contributed by atoms with Gasteiger partial charge in [0.1, 0.15) is 12.0 Å². The number of nitrogens with zero attached hydrogens (tertiary/aromatic N) is 3. The van der Waals surface area contributed by atoms with Gasteiger partial charge in [-0.15, -0.1) is 0 Å². The third kappa shape index (κ3) is 5.49. The lowest BCUT2D eigenvalue weighted by molar-refractivity contribution is 0.0962. The van der Waals surface area contributed by atoms with Crippen molar-refractivity contribution < 1.29 is 4.79 Å². The van der Waals surface area contributed by atoms with Crippen LogP contribution in [0.15, 0.2) is 73.1 Å². The van der Waals surface area contributed by atoms with Gasteiger partial charge in [-0.1, -0.05) is 59.6 Å². The molecule has 0 aliphatic rings. The zero-order chi connectivity index (χ0) is 25.7. The van der Waals surface area contributed by atoms with Gasteiger partial charge in [0.15, 0.2) is 11.6 Å². The highest BCUT2D eigenvalue weighted by molar-refractivity contribution is 6.32. The van der Waals surface area contributed by atoms with Crippen LogP contribution in [0.2, 0.25) is 10.0 Å². The number of hydrazine groups is 1. The summed E-state index contributed by atoms with van der Waals surface area (Å²) in [6, 6.07) is 21.7. The SMILES string of the molecule is Cc1cc(C(C#N)c2ccc(Cl)cc2)c(Cl)cc1Nc1ncnc(NNC(=O)c2ccccc2)c1N. The van der Waals surface area contributed by atoms with Crippen molar-refractivity contribution in [3.63, 3.8) is 0 Å². The molecule has 0 saturated carbocycles. The topological polar surface area (TPSA) is 129 Å². The Morgan fingerprint density at radius 1 is 1.03 bits per heavy atom. The zero-order valence-electron chi connectivity index (χ0n) is 19.1. The summed E-state index contributed by atoms with van der Waals surface area (Å²) >= 11 is 12.6. The lowest BCUT2D eigenvalue weighted by Gasteiger charge is -2.17. The maximum absolute atomic E-state index is 12.3. The van der Waals surface area contributed by atoms with E-state index >= 15 is 0 Å². The first kappa shape index (κ1) is 24.8. The number of carbonyl (C=O) groups is 1. The number of amides is 1. The first-order chi connectivity index (χ1) is 17.4. The highest BCUT2D eigenvalue weighted by atomic mass is 35.5. The molecular weight excluding hydrogens is 497 g/mol. The molecule has 4 rings (SSSR count). The standard InChI is InChI=1S/C26H21Cl2N7O/c1-15-11-19(20(13-29)16-7-9-18(27)10-8-16)21(28)12-22(15)33-24-23(30)25(32-14-31-24)34-35-26(36)17-5-3-2-4-6-17/h2-12,14,20H,30H2,1H3,(H,35,36)(H2,31,32,33,34). The van der Waals surface area contributed by atoms with Crippen molar-refractivity contribution in [3.05, 3.63) is 105 Å². The van der Waals surface area contributed by atoms with E-state index in [-0.39, 0.29) is 17.4 Å². The molecule has 0 saturated heterocycles. The second kappa shape index (κ2) is 11.0. The lowest BCUT2D eigenvalue weighted by atomic mass is 9.91. The van der Waals surface area contributed by atoms with Gasteiger partial charge in [-0.2, -0.15) is 5.26 Å². The molecule has 10 heteroatoms. The molecule has 1 unspecified atom stereocenters. The molecule has 0 radical (unpaired) electrons. The molecule has 3 aromatic carbocycles. The van der Waals surface area contributed by atoms with Crippen molar-refractivity contribution in [2.75, 3.05) is 16.5 Å². The molecule has 36 heavy (non-hydrogen) atoms. The molecular formula is C26H21Cl2N7O. The number of nitrogen functional groups attached to an aromatic ring is 1. The van der Waals surface area contributed by atoms with E-state index < -0.39 is 5.92 Å². The number of nitrogens with one attached hydrogen (secondary N) is 3. The summed E-state index contributed by atoms with van der Waals surface area (Å²) in [5, 5.41) is 14.0. The van der Waals surface area contributed by atoms with E-state index in [0.717, 1.165) is 11.1 Å². The summed E-state index contributed by atoms with van der Waals surface area (Å²) in [6.07, 6.45) is 1.31. The van der Waals surface area contributed by atoms with Gasteiger partial charge in [0.25, 0.3) is 5.91 Å². The summed E-state index contributed by atoms with van der Waals surface area (Å²) in [4.78, 5) is 20.6. The van der Waals surface area contributed by atoms with Gasteiger partial charge in [0.05, 0.1) is 12.0 Å². The Balaban J connectivity index is 1.54. The Kier molecular flexibility index (Phi) is 7.54. The number of benzene rings is 3. The maximum atomic E-state index is 12.3. The van der Waals surface area contributed by atoms with Crippen molar-refractivity contribution in [1.29, 1.82) is 5.26 Å². The number of anilines is 4. The normalized spacial score (nSPS) is 11.3. The van der Waals surface area contributed by atoms with E-state index in [1.165, 1.54) is 6.33 Å².